The van der Waals surface area contributed by atoms with Crippen molar-refractivity contribution >= 4 is 65.4 Å². The molecule has 64 heavy (non-hydrogen) atoms. The Bertz CT molecular complexity index is 4050. The van der Waals surface area contributed by atoms with E-state index in [9.17, 15) is 0 Å². The summed E-state index contributed by atoms with van der Waals surface area (Å²) in [5.74, 6) is 0. The second-order valence-electron chi connectivity index (χ2n) is 17.5. The van der Waals surface area contributed by atoms with E-state index in [2.05, 4.69) is 238 Å². The highest BCUT2D eigenvalue weighted by Crippen LogP contribution is 2.65. The maximum Gasteiger partial charge on any atom is 0.0732 e. The molecule has 0 aliphatic heterocycles. The van der Waals surface area contributed by atoms with Gasteiger partial charge in [0.1, 0.15) is 0 Å². The van der Waals surface area contributed by atoms with E-state index in [0.29, 0.717) is 0 Å². The summed E-state index contributed by atoms with van der Waals surface area (Å²) >= 11 is 0. The molecule has 0 bridgehead atoms. The van der Waals surface area contributed by atoms with Crippen molar-refractivity contribution in [2.75, 3.05) is 0 Å². The Kier molecular flexibility index (Phi) is 6.61. The van der Waals surface area contributed by atoms with Gasteiger partial charge in [0.15, 0.2) is 0 Å². The number of rotatable bonds is 3. The average Bonchev–Trinajstić information content (AvgIpc) is 4.14. The quantitative estimate of drug-likeness (QED) is 0.169. The molecule has 10 aromatic carbocycles. The van der Waals surface area contributed by atoms with Crippen LogP contribution in [0.5, 0.6) is 0 Å². The lowest BCUT2D eigenvalue weighted by Gasteiger charge is -2.31. The number of aromatic nitrogens is 3. The molecule has 2 aliphatic rings. The van der Waals surface area contributed by atoms with Crippen molar-refractivity contribution in [1.82, 2.24) is 13.7 Å². The smallest absolute Gasteiger partial charge is 0.0732 e. The van der Waals surface area contributed by atoms with Gasteiger partial charge in [-0.15, -0.1) is 0 Å². The summed E-state index contributed by atoms with van der Waals surface area (Å²) in [6.07, 6.45) is 0. The number of fused-ring (bicyclic) bond motifs is 22. The molecule has 13 aromatic rings. The van der Waals surface area contributed by atoms with Crippen LogP contribution in [-0.2, 0) is 5.41 Å². The Balaban J connectivity index is 1.22. The minimum absolute atomic E-state index is 0.506. The van der Waals surface area contributed by atoms with Gasteiger partial charge in [0, 0.05) is 49.4 Å². The molecule has 0 N–H and O–H groups in total. The van der Waals surface area contributed by atoms with Gasteiger partial charge in [-0.05, 0) is 105 Å². The highest BCUT2D eigenvalue weighted by atomic mass is 15.0. The molecular formula is C61H37N3. The van der Waals surface area contributed by atoms with Crippen LogP contribution in [0.2, 0.25) is 0 Å². The van der Waals surface area contributed by atoms with Gasteiger partial charge in [-0.25, -0.2) is 0 Å². The van der Waals surface area contributed by atoms with Crippen LogP contribution in [0, 0.1) is 0 Å². The first kappa shape index (κ1) is 34.2. The van der Waals surface area contributed by atoms with E-state index in [1.54, 1.807) is 0 Å². The first-order valence-corrected chi connectivity index (χ1v) is 22.3. The maximum atomic E-state index is 2.58. The molecule has 296 valence electrons. The Morgan fingerprint density at radius 1 is 0.250 bits per heavy atom. The lowest BCUT2D eigenvalue weighted by atomic mass is 9.69. The summed E-state index contributed by atoms with van der Waals surface area (Å²) in [4.78, 5) is 0. The molecule has 3 aromatic heterocycles. The van der Waals surface area contributed by atoms with Gasteiger partial charge in [0.25, 0.3) is 0 Å². The van der Waals surface area contributed by atoms with Gasteiger partial charge >= 0.3 is 0 Å². The Labute approximate surface area is 368 Å². The third-order valence-electron chi connectivity index (χ3n) is 14.6. The zero-order valence-corrected chi connectivity index (χ0v) is 34.7. The molecule has 0 saturated heterocycles. The highest BCUT2D eigenvalue weighted by Gasteiger charge is 2.52. The minimum atomic E-state index is -0.506. The lowest BCUT2D eigenvalue weighted by molar-refractivity contribution is 0.802. The summed E-state index contributed by atoms with van der Waals surface area (Å²) in [6, 6.07) is 83.7. The van der Waals surface area contributed by atoms with Crippen molar-refractivity contribution in [2.24, 2.45) is 0 Å². The summed E-state index contributed by atoms with van der Waals surface area (Å²) in [7, 11) is 0. The summed E-state index contributed by atoms with van der Waals surface area (Å²) in [5.41, 5.74) is 20.8. The number of hydrogen-bond donors (Lipinski definition) is 0. The molecule has 0 unspecified atom stereocenters. The maximum absolute atomic E-state index is 2.58. The average molecular weight is 812 g/mol. The molecule has 0 radical (unpaired) electrons. The molecule has 0 atom stereocenters. The van der Waals surface area contributed by atoms with Crippen molar-refractivity contribution in [3.63, 3.8) is 0 Å². The molecule has 0 amide bonds. The van der Waals surface area contributed by atoms with Gasteiger partial charge in [0.2, 0.25) is 0 Å². The first-order valence-electron chi connectivity index (χ1n) is 22.3. The standard InChI is InChI=1S/C61H37N3/c1-4-18-38(19-5-1)62-53-36-33-46-44-27-13-17-31-51(44)63(39-20-6-2-7-21-39)59(46)56(53)57-54(62)37-34-47-55-52(64(60(47)57)40-22-8-3-9-23-40)35-32-45-43-26-12-16-30-50(43)61(58(45)55)48-28-14-10-24-41(48)42-25-11-15-29-49(42)61/h1-37H. The van der Waals surface area contributed by atoms with Crippen LogP contribution in [0.15, 0.2) is 224 Å². The number of para-hydroxylation sites is 4. The van der Waals surface area contributed by atoms with Crippen LogP contribution in [0.3, 0.4) is 0 Å². The topological polar surface area (TPSA) is 14.8 Å². The lowest BCUT2D eigenvalue weighted by Crippen LogP contribution is -2.26. The van der Waals surface area contributed by atoms with E-state index in [-0.39, 0.29) is 0 Å². The predicted octanol–water partition coefficient (Wildman–Crippen LogP) is 15.3. The van der Waals surface area contributed by atoms with Crippen molar-refractivity contribution < 1.29 is 0 Å². The minimum Gasteiger partial charge on any atom is -0.309 e. The fraction of sp³-hybridized carbons (Fsp3) is 0.0164. The van der Waals surface area contributed by atoms with Crippen LogP contribution in [0.25, 0.3) is 105 Å². The third kappa shape index (κ3) is 4.08. The van der Waals surface area contributed by atoms with Crippen LogP contribution in [-0.4, -0.2) is 13.7 Å². The van der Waals surface area contributed by atoms with Gasteiger partial charge < -0.3 is 13.7 Å². The SMILES string of the molecule is c1ccc(-n2c3ccc4c5ccccc5n(-c5ccccc5)c4c3c3c2ccc2c4c5c(ccc4n(-c4ccccc4)c23)-c2ccccc2C52c3ccccc3-c3ccccc32)cc1. The van der Waals surface area contributed by atoms with Crippen LogP contribution in [0.1, 0.15) is 22.3 Å². The Morgan fingerprint density at radius 3 is 1.23 bits per heavy atom. The second-order valence-corrected chi connectivity index (χ2v) is 17.5. The Hall–Kier alpha value is -8.40. The summed E-state index contributed by atoms with van der Waals surface area (Å²) < 4.78 is 7.58. The third-order valence-corrected chi connectivity index (χ3v) is 14.6. The molecule has 0 saturated carbocycles. The van der Waals surface area contributed by atoms with E-state index in [0.717, 1.165) is 17.1 Å². The molecule has 3 heteroatoms. The van der Waals surface area contributed by atoms with E-state index in [1.165, 1.54) is 110 Å². The van der Waals surface area contributed by atoms with E-state index >= 15 is 0 Å². The largest absolute Gasteiger partial charge is 0.309 e. The predicted molar refractivity (Wildman–Crippen MR) is 266 cm³/mol. The molecule has 3 nitrogen and oxygen atoms in total. The zero-order chi connectivity index (χ0) is 41.7. The van der Waals surface area contributed by atoms with Crippen molar-refractivity contribution in [2.45, 2.75) is 5.41 Å². The molecule has 2 aliphatic carbocycles. The van der Waals surface area contributed by atoms with E-state index in [1.807, 2.05) is 0 Å². The van der Waals surface area contributed by atoms with E-state index in [4.69, 9.17) is 0 Å². The Morgan fingerprint density at radius 2 is 0.656 bits per heavy atom. The fourth-order valence-electron chi connectivity index (χ4n) is 12.4. The van der Waals surface area contributed by atoms with Crippen LogP contribution in [0.4, 0.5) is 0 Å². The zero-order valence-electron chi connectivity index (χ0n) is 34.7. The monoisotopic (exact) mass is 811 g/mol. The van der Waals surface area contributed by atoms with Gasteiger partial charge in [-0.2, -0.15) is 0 Å². The van der Waals surface area contributed by atoms with Crippen LogP contribution < -0.4 is 0 Å². The van der Waals surface area contributed by atoms with Crippen molar-refractivity contribution in [3.05, 3.63) is 247 Å². The fourth-order valence-corrected chi connectivity index (χ4v) is 12.4. The molecule has 15 rings (SSSR count). The number of nitrogens with zero attached hydrogens (tertiary/aromatic N) is 3. The van der Waals surface area contributed by atoms with Gasteiger partial charge in [0.05, 0.1) is 38.5 Å². The van der Waals surface area contributed by atoms with Crippen molar-refractivity contribution in [1.29, 1.82) is 0 Å². The van der Waals surface area contributed by atoms with E-state index < -0.39 is 5.41 Å². The first-order chi connectivity index (χ1) is 31.8. The normalized spacial score (nSPS) is 13.4. The summed E-state index contributed by atoms with van der Waals surface area (Å²) in [5, 5.41) is 7.53. The molecule has 3 heterocycles. The molecule has 0 fully saturated rings. The van der Waals surface area contributed by atoms with Crippen LogP contribution >= 0.6 is 0 Å². The van der Waals surface area contributed by atoms with Crippen molar-refractivity contribution in [3.8, 4) is 39.3 Å². The molecular weight excluding hydrogens is 775 g/mol. The number of hydrogen-bond acceptors (Lipinski definition) is 0. The highest BCUT2D eigenvalue weighted by molar-refractivity contribution is 6.34. The van der Waals surface area contributed by atoms with Gasteiger partial charge in [-0.3, -0.25) is 0 Å². The second kappa shape index (κ2) is 12.4. The summed E-state index contributed by atoms with van der Waals surface area (Å²) in [6.45, 7) is 0. The molecule has 1 spiro atoms. The number of benzene rings is 10. The van der Waals surface area contributed by atoms with Gasteiger partial charge in [-0.1, -0.05) is 164 Å².